The van der Waals surface area contributed by atoms with Crippen LogP contribution in [0.15, 0.2) is 18.2 Å². The summed E-state index contributed by atoms with van der Waals surface area (Å²) in [5, 5.41) is 0. The molecule has 6 heteroatoms. The fraction of sp³-hybridized carbons (Fsp3) is 0.250. The van der Waals surface area contributed by atoms with Crippen molar-refractivity contribution in [1.82, 2.24) is 0 Å². The lowest BCUT2D eigenvalue weighted by Gasteiger charge is -2.24. The number of rotatable bonds is 1. The summed E-state index contributed by atoms with van der Waals surface area (Å²) in [6.07, 6.45) is -4.85. The summed E-state index contributed by atoms with van der Waals surface area (Å²) < 4.78 is 61.0. The number of benzene rings is 1. The normalized spacial score (nSPS) is 14.1. The van der Waals surface area contributed by atoms with E-state index in [2.05, 4.69) is 0 Å². The Morgan fingerprint density at radius 3 is 2.14 bits per heavy atom. The molecule has 0 heterocycles. The molecule has 1 rings (SSSR count). The smallest absolute Gasteiger partial charge is 0.377 e. The average molecular weight is 210 g/mol. The third kappa shape index (κ3) is 2.20. The highest BCUT2D eigenvalue weighted by Crippen LogP contribution is 2.36. The van der Waals surface area contributed by atoms with Crippen molar-refractivity contribution in [2.24, 2.45) is 0 Å². The van der Waals surface area contributed by atoms with Gasteiger partial charge in [-0.05, 0) is 17.7 Å². The van der Waals surface area contributed by atoms with Crippen molar-refractivity contribution < 1.29 is 22.0 Å². The van der Waals surface area contributed by atoms with E-state index < -0.39 is 29.4 Å². The Morgan fingerprint density at radius 1 is 1.14 bits per heavy atom. The summed E-state index contributed by atoms with van der Waals surface area (Å²) in [6.45, 7) is 0. The van der Waals surface area contributed by atoms with Crippen LogP contribution in [-0.2, 0) is 0 Å². The Bertz CT molecular complexity index is 333. The van der Waals surface area contributed by atoms with Crippen molar-refractivity contribution in [3.63, 3.8) is 0 Å². The summed E-state index contributed by atoms with van der Waals surface area (Å²) in [6, 6.07) is -1.05. The maximum absolute atomic E-state index is 12.8. The van der Waals surface area contributed by atoms with Crippen LogP contribution in [0.25, 0.3) is 5.73 Å². The molecule has 1 aromatic carbocycles. The van der Waals surface area contributed by atoms with Gasteiger partial charge in [-0.3, -0.25) is 0 Å². The molecule has 0 aromatic heterocycles. The Morgan fingerprint density at radius 2 is 1.71 bits per heavy atom. The van der Waals surface area contributed by atoms with Crippen molar-refractivity contribution in [3.05, 3.63) is 41.1 Å². The zero-order chi connectivity index (χ0) is 10.9. The van der Waals surface area contributed by atoms with E-state index >= 15 is 0 Å². The first-order chi connectivity index (χ1) is 6.32. The van der Waals surface area contributed by atoms with Crippen LogP contribution in [0.2, 0.25) is 0 Å². The molecule has 14 heavy (non-hydrogen) atoms. The summed E-state index contributed by atoms with van der Waals surface area (Å²) in [5.74, 6) is -2.33. The number of nitrogens with one attached hydrogen (secondary N) is 1. The highest BCUT2D eigenvalue weighted by molar-refractivity contribution is 5.25. The van der Waals surface area contributed by atoms with Gasteiger partial charge in [-0.25, -0.2) is 8.78 Å². The molecule has 0 radical (unpaired) electrons. The summed E-state index contributed by atoms with van der Waals surface area (Å²) >= 11 is 0. The number of halogens is 5. The molecule has 0 aliphatic carbocycles. The van der Waals surface area contributed by atoms with Crippen LogP contribution < -0.4 is 0 Å². The van der Waals surface area contributed by atoms with Crippen LogP contribution in [0.4, 0.5) is 22.0 Å². The number of alkyl halides is 3. The van der Waals surface area contributed by atoms with Gasteiger partial charge in [0.1, 0.15) is 11.6 Å². The molecular formula is C8H5F5N-. The van der Waals surface area contributed by atoms with Crippen LogP contribution in [0.1, 0.15) is 11.6 Å². The van der Waals surface area contributed by atoms with Gasteiger partial charge in [0.25, 0.3) is 0 Å². The molecule has 0 spiro atoms. The maximum atomic E-state index is 12.8. The Hall–Kier alpha value is -1.17. The van der Waals surface area contributed by atoms with Crippen molar-refractivity contribution in [2.45, 2.75) is 12.2 Å². The average Bonchev–Trinajstić information content (AvgIpc) is 2.01. The minimum Gasteiger partial charge on any atom is -0.663 e. The molecule has 0 amide bonds. The summed E-state index contributed by atoms with van der Waals surface area (Å²) in [4.78, 5) is 0. The first-order valence-electron chi connectivity index (χ1n) is 3.55. The van der Waals surface area contributed by atoms with Gasteiger partial charge < -0.3 is 5.73 Å². The Balaban J connectivity index is 3.08. The number of hydrogen-bond donors (Lipinski definition) is 0. The second-order valence-electron chi connectivity index (χ2n) is 2.64. The van der Waals surface area contributed by atoms with Crippen molar-refractivity contribution in [2.75, 3.05) is 0 Å². The molecule has 1 atom stereocenters. The first kappa shape index (κ1) is 10.9. The fourth-order valence-electron chi connectivity index (χ4n) is 0.912. The lowest BCUT2D eigenvalue weighted by Crippen LogP contribution is -2.18. The molecule has 0 saturated heterocycles. The Kier molecular flexibility index (Phi) is 2.75. The third-order valence-electron chi connectivity index (χ3n) is 1.60. The summed E-state index contributed by atoms with van der Waals surface area (Å²) in [7, 11) is 0. The fourth-order valence-corrected chi connectivity index (χ4v) is 0.912. The van der Waals surface area contributed by atoms with Gasteiger partial charge in [-0.15, -0.1) is 0 Å². The van der Waals surface area contributed by atoms with Crippen molar-refractivity contribution in [1.29, 1.82) is 0 Å². The highest BCUT2D eigenvalue weighted by atomic mass is 19.4. The highest BCUT2D eigenvalue weighted by Gasteiger charge is 2.33. The van der Waals surface area contributed by atoms with Crippen LogP contribution in [-0.4, -0.2) is 6.18 Å². The molecule has 1 N–H and O–H groups in total. The lowest BCUT2D eigenvalue weighted by molar-refractivity contribution is -0.140. The molecule has 1 aromatic rings. The van der Waals surface area contributed by atoms with Gasteiger partial charge in [0.2, 0.25) is 0 Å². The largest absolute Gasteiger partial charge is 0.663 e. The standard InChI is InChI=1S/C8H5F5N/c9-4-1-2-5(6(10)3-4)7(14)8(11,12)13/h1-3,7,14H/q-1/t7-/m0/s1. The number of hydrogen-bond acceptors (Lipinski definition) is 0. The van der Waals surface area contributed by atoms with Gasteiger partial charge in [-0.1, -0.05) is 6.07 Å². The topological polar surface area (TPSA) is 23.8 Å². The van der Waals surface area contributed by atoms with E-state index in [4.69, 9.17) is 5.73 Å². The van der Waals surface area contributed by atoms with E-state index in [1.807, 2.05) is 0 Å². The van der Waals surface area contributed by atoms with E-state index in [0.717, 1.165) is 0 Å². The van der Waals surface area contributed by atoms with E-state index in [1.54, 1.807) is 0 Å². The SMILES string of the molecule is [NH-][C@@H](c1ccc(F)cc1F)C(F)(F)F. The predicted molar refractivity (Wildman–Crippen MR) is 39.5 cm³/mol. The van der Waals surface area contributed by atoms with Crippen LogP contribution in [0.3, 0.4) is 0 Å². The zero-order valence-corrected chi connectivity index (χ0v) is 6.70. The molecule has 0 aliphatic rings. The van der Waals surface area contributed by atoms with Gasteiger partial charge in [0.15, 0.2) is 0 Å². The van der Waals surface area contributed by atoms with Gasteiger partial charge >= 0.3 is 6.18 Å². The minimum absolute atomic E-state index is 0.322. The van der Waals surface area contributed by atoms with E-state index in [0.29, 0.717) is 18.2 Å². The molecule has 78 valence electrons. The van der Waals surface area contributed by atoms with Crippen LogP contribution >= 0.6 is 0 Å². The van der Waals surface area contributed by atoms with E-state index in [-0.39, 0.29) is 0 Å². The third-order valence-corrected chi connectivity index (χ3v) is 1.60. The zero-order valence-electron chi connectivity index (χ0n) is 6.70. The molecule has 0 unspecified atom stereocenters. The molecule has 1 nitrogen and oxygen atoms in total. The Labute approximate surface area is 76.3 Å². The van der Waals surface area contributed by atoms with Gasteiger partial charge in [0, 0.05) is 6.07 Å². The monoisotopic (exact) mass is 210 g/mol. The van der Waals surface area contributed by atoms with Crippen LogP contribution in [0, 0.1) is 11.6 Å². The first-order valence-corrected chi connectivity index (χ1v) is 3.55. The summed E-state index contributed by atoms with van der Waals surface area (Å²) in [5.41, 5.74) is 5.81. The van der Waals surface area contributed by atoms with Gasteiger partial charge in [-0.2, -0.15) is 13.2 Å². The predicted octanol–water partition coefficient (Wildman–Crippen LogP) is 3.62. The van der Waals surface area contributed by atoms with Crippen molar-refractivity contribution >= 4 is 0 Å². The molecule has 0 saturated carbocycles. The minimum atomic E-state index is -4.85. The quantitative estimate of drug-likeness (QED) is 0.632. The second-order valence-corrected chi connectivity index (χ2v) is 2.64. The molecule has 0 fully saturated rings. The maximum Gasteiger partial charge on any atom is 0.377 e. The molecule has 0 bridgehead atoms. The lowest BCUT2D eigenvalue weighted by atomic mass is 10.1. The van der Waals surface area contributed by atoms with Crippen LogP contribution in [0.5, 0.6) is 0 Å². The van der Waals surface area contributed by atoms with Gasteiger partial charge in [0.05, 0.1) is 0 Å². The molecular weight excluding hydrogens is 205 g/mol. The van der Waals surface area contributed by atoms with E-state index in [1.165, 1.54) is 0 Å². The molecule has 0 aliphatic heterocycles. The van der Waals surface area contributed by atoms with E-state index in [9.17, 15) is 22.0 Å². The second kappa shape index (κ2) is 3.53. The van der Waals surface area contributed by atoms with Crippen molar-refractivity contribution in [3.8, 4) is 0 Å².